The minimum Gasteiger partial charge on any atom is -0.510 e. The average Bonchev–Trinajstić information content (AvgIpc) is 3.61. The van der Waals surface area contributed by atoms with E-state index in [2.05, 4.69) is 161 Å². The number of pyridine rings is 1. The molecule has 260 valence electrons. The number of hydrogen-bond donors (Lipinski definition) is 0. The Morgan fingerprint density at radius 2 is 1.42 bits per heavy atom. The van der Waals surface area contributed by atoms with Crippen molar-refractivity contribution in [1.82, 2.24) is 18.7 Å². The quantitative estimate of drug-likeness (QED) is 0.0981. The Balaban J connectivity index is 0.00000387. The third-order valence-corrected chi connectivity index (χ3v) is 10.4. The molecular formula is C45H38N5OPt-. The van der Waals surface area contributed by atoms with E-state index < -0.39 is 0 Å². The molecule has 0 spiro atoms. The summed E-state index contributed by atoms with van der Waals surface area (Å²) in [4.78, 5) is 8.69. The van der Waals surface area contributed by atoms with Gasteiger partial charge in [-0.15, -0.1) is 29.7 Å². The van der Waals surface area contributed by atoms with Crippen LogP contribution < -0.4 is 13.9 Å². The number of para-hydroxylation sites is 3. The summed E-state index contributed by atoms with van der Waals surface area (Å²) in [5.74, 6) is 1.85. The van der Waals surface area contributed by atoms with Gasteiger partial charge in [-0.3, -0.25) is 4.85 Å². The third kappa shape index (κ3) is 4.91. The van der Waals surface area contributed by atoms with Gasteiger partial charge in [0, 0.05) is 74.2 Å². The molecule has 0 N–H and O–H groups in total. The first-order valence-corrected chi connectivity index (χ1v) is 17.4. The van der Waals surface area contributed by atoms with Crippen molar-refractivity contribution in [1.29, 1.82) is 0 Å². The van der Waals surface area contributed by atoms with Crippen LogP contribution in [0.1, 0.15) is 52.7 Å². The predicted molar refractivity (Wildman–Crippen MR) is 207 cm³/mol. The monoisotopic (exact) mass is 859 g/mol. The zero-order valence-corrected chi connectivity index (χ0v) is 32.3. The Hall–Kier alpha value is -5.05. The summed E-state index contributed by atoms with van der Waals surface area (Å²) in [6.45, 7) is 23.7. The van der Waals surface area contributed by atoms with Crippen molar-refractivity contribution in [3.8, 4) is 17.3 Å². The summed E-state index contributed by atoms with van der Waals surface area (Å²) >= 11 is 0. The molecule has 9 rings (SSSR count). The van der Waals surface area contributed by atoms with Crippen molar-refractivity contribution in [3.05, 3.63) is 157 Å². The van der Waals surface area contributed by atoms with E-state index in [-0.39, 0.29) is 31.9 Å². The minimum atomic E-state index is -0.0282. The predicted octanol–water partition coefficient (Wildman–Crippen LogP) is 12.1. The summed E-state index contributed by atoms with van der Waals surface area (Å²) < 4.78 is 9.73. The van der Waals surface area contributed by atoms with Gasteiger partial charge in [0.15, 0.2) is 12.4 Å². The molecule has 52 heavy (non-hydrogen) atoms. The summed E-state index contributed by atoms with van der Waals surface area (Å²) in [7, 11) is 0. The fourth-order valence-corrected chi connectivity index (χ4v) is 7.73. The Morgan fingerprint density at radius 1 is 0.712 bits per heavy atom. The fraction of sp³-hybridized carbons (Fsp3) is 0.178. The largest absolute Gasteiger partial charge is 0.510 e. The van der Waals surface area contributed by atoms with E-state index in [0.29, 0.717) is 26.4 Å². The zero-order valence-electron chi connectivity index (χ0n) is 30.0. The van der Waals surface area contributed by atoms with Gasteiger partial charge in [0.25, 0.3) is 0 Å². The average molecular weight is 860 g/mol. The third-order valence-electron chi connectivity index (χ3n) is 10.4. The van der Waals surface area contributed by atoms with Gasteiger partial charge in [-0.1, -0.05) is 95.6 Å². The first-order chi connectivity index (χ1) is 24.4. The number of hydrogen-bond acceptors (Lipinski definition) is 2. The van der Waals surface area contributed by atoms with E-state index >= 15 is 0 Å². The van der Waals surface area contributed by atoms with E-state index in [9.17, 15) is 0 Å². The Kier molecular flexibility index (Phi) is 7.68. The number of rotatable bonds is 5. The standard InChI is InChI=1S/C45H38N5O.Pt/c1-44(2,3)30-13-12-14-33(23-30)49-29-50(49,42-18-11-10-17-41(42)49)34-25-32(46-7)26-36(27-34)51-35-19-20-38-37-15-8-9-16-39(37)48(40(38)28-35)43-24-31(21-22-47-43)45(4,5)6;/h8-26,29H,1-6H3;/q-1;/t49-,50?;/m0./s1. The van der Waals surface area contributed by atoms with Crippen LogP contribution in [-0.4, -0.2) is 9.55 Å². The topological polar surface area (TPSA) is 31.4 Å². The molecular weight excluding hydrogens is 822 g/mol. The van der Waals surface area contributed by atoms with Gasteiger partial charge in [0.2, 0.25) is 11.4 Å². The van der Waals surface area contributed by atoms with Crippen molar-refractivity contribution >= 4 is 50.2 Å². The van der Waals surface area contributed by atoms with Crippen LogP contribution in [0.15, 0.2) is 115 Å². The van der Waals surface area contributed by atoms with E-state index in [0.717, 1.165) is 33.3 Å². The smallest absolute Gasteiger partial charge is 0.225 e. The van der Waals surface area contributed by atoms with E-state index in [1.807, 2.05) is 18.3 Å². The molecule has 2 aromatic heterocycles. The molecule has 0 saturated carbocycles. The molecule has 2 atom stereocenters. The van der Waals surface area contributed by atoms with E-state index in [4.69, 9.17) is 16.3 Å². The summed E-state index contributed by atoms with van der Waals surface area (Å²) in [5, 5.41) is 2.19. The van der Waals surface area contributed by atoms with Gasteiger partial charge in [-0.05, 0) is 45.5 Å². The van der Waals surface area contributed by atoms with Crippen molar-refractivity contribution < 1.29 is 25.8 Å². The molecule has 2 aliphatic heterocycles. The Labute approximate surface area is 319 Å². The molecule has 0 aliphatic carbocycles. The maximum atomic E-state index is 8.03. The zero-order chi connectivity index (χ0) is 35.3. The van der Waals surface area contributed by atoms with Gasteiger partial charge >= 0.3 is 0 Å². The molecule has 7 heteroatoms. The van der Waals surface area contributed by atoms with E-state index in [1.54, 1.807) is 6.07 Å². The second kappa shape index (κ2) is 11.7. The maximum Gasteiger partial charge on any atom is 0.225 e. The van der Waals surface area contributed by atoms with Crippen LogP contribution in [0.25, 0.3) is 32.5 Å². The van der Waals surface area contributed by atoms with Gasteiger partial charge in [0.05, 0.1) is 12.3 Å². The number of nitrogens with zero attached hydrogens (tertiary/aromatic N) is 5. The van der Waals surface area contributed by atoms with Gasteiger partial charge in [-0.25, -0.2) is 9.58 Å². The molecule has 2 aliphatic rings. The number of quaternary nitrogens is 2. The van der Waals surface area contributed by atoms with Crippen molar-refractivity contribution in [2.24, 2.45) is 0 Å². The van der Waals surface area contributed by atoms with Crippen LogP contribution in [0.3, 0.4) is 0 Å². The second-order valence-corrected chi connectivity index (χ2v) is 15.7. The van der Waals surface area contributed by atoms with E-state index in [1.165, 1.54) is 28.2 Å². The van der Waals surface area contributed by atoms with Gasteiger partial charge < -0.3 is 9.30 Å². The molecule has 0 radical (unpaired) electrons. The molecule has 1 saturated heterocycles. The summed E-state index contributed by atoms with van der Waals surface area (Å²) in [6, 6.07) is 45.0. The molecule has 1 unspecified atom stereocenters. The Bertz CT molecular complexity index is 2600. The maximum absolute atomic E-state index is 8.03. The Morgan fingerprint density at radius 3 is 2.17 bits per heavy atom. The normalized spacial score (nSPS) is 18.9. The van der Waals surface area contributed by atoms with Crippen LogP contribution in [-0.2, 0) is 31.9 Å². The van der Waals surface area contributed by atoms with Crippen molar-refractivity contribution in [2.45, 2.75) is 52.4 Å². The fourth-order valence-electron chi connectivity index (χ4n) is 7.73. The summed E-state index contributed by atoms with van der Waals surface area (Å²) in [6.07, 6.45) is 1.88. The number of ether oxygens (including phenoxy) is 1. The minimum absolute atomic E-state index is 0. The SMILES string of the molecule is [C-]#[N+]c1cc(Oc2[c-]c3c(cc2)c2ccccc2n3-c2cc(C(C)(C)C)ccn2)[c-]c([N+]23[CH-][N@+]2(c2cccc(C(C)(C)C)c2)c2ccccc23)c1.[Pt]. The molecule has 0 amide bonds. The van der Waals surface area contributed by atoms with Gasteiger partial charge in [0.1, 0.15) is 5.82 Å². The number of fused-ring (bicyclic) bond motifs is 7. The molecule has 4 heterocycles. The molecule has 5 aromatic carbocycles. The molecule has 6 nitrogen and oxygen atoms in total. The molecule has 7 aromatic rings. The van der Waals surface area contributed by atoms with Crippen LogP contribution in [0.5, 0.6) is 11.5 Å². The first kappa shape index (κ1) is 34.1. The number of benzene rings is 5. The van der Waals surface area contributed by atoms with Crippen LogP contribution in [0.4, 0.5) is 28.4 Å². The van der Waals surface area contributed by atoms with Crippen LogP contribution in [0, 0.1) is 25.4 Å². The van der Waals surface area contributed by atoms with Crippen molar-refractivity contribution in [2.75, 3.05) is 0 Å². The van der Waals surface area contributed by atoms with Crippen LogP contribution in [0.2, 0.25) is 0 Å². The van der Waals surface area contributed by atoms with Crippen molar-refractivity contribution in [3.63, 3.8) is 0 Å². The molecule has 1 fully saturated rings. The summed E-state index contributed by atoms with van der Waals surface area (Å²) in [5.41, 5.74) is 9.33. The number of aromatic nitrogens is 2. The van der Waals surface area contributed by atoms with Gasteiger partial charge in [-0.2, -0.15) is 10.7 Å². The van der Waals surface area contributed by atoms with Crippen LogP contribution >= 0.6 is 0 Å². The molecule has 0 bridgehead atoms. The second-order valence-electron chi connectivity index (χ2n) is 15.7. The first-order valence-electron chi connectivity index (χ1n) is 17.4.